The first kappa shape index (κ1) is 17.0. The molecule has 3 amide bonds. The Labute approximate surface area is 123 Å². The molecule has 1 aliphatic heterocycles. The van der Waals surface area contributed by atoms with Crippen molar-refractivity contribution >= 4 is 17.7 Å². The number of hydrogen-bond donors (Lipinski definition) is 3. The van der Waals surface area contributed by atoms with Crippen LogP contribution in [0.4, 0.5) is 0 Å². The highest BCUT2D eigenvalue weighted by atomic mass is 16.3. The van der Waals surface area contributed by atoms with Gasteiger partial charge < -0.3 is 21.1 Å². The van der Waals surface area contributed by atoms with Gasteiger partial charge in [-0.1, -0.05) is 0 Å². The zero-order valence-electron chi connectivity index (χ0n) is 12.0. The topological polar surface area (TPSA) is 113 Å². The van der Waals surface area contributed by atoms with Crippen LogP contribution in [0.25, 0.3) is 0 Å². The molecular formula is C14H21N3O4. The second kappa shape index (κ2) is 7.64. The highest BCUT2D eigenvalue weighted by molar-refractivity contribution is 5.91. The van der Waals surface area contributed by atoms with E-state index in [4.69, 9.17) is 12.2 Å². The maximum absolute atomic E-state index is 12.2. The molecule has 3 atom stereocenters. The third-order valence-electron chi connectivity index (χ3n) is 3.46. The Bertz CT molecular complexity index is 458. The molecule has 0 aromatic heterocycles. The maximum atomic E-state index is 12.2. The molecule has 1 heterocycles. The predicted molar refractivity (Wildman–Crippen MR) is 75.6 cm³/mol. The van der Waals surface area contributed by atoms with Crippen molar-refractivity contribution in [3.63, 3.8) is 0 Å². The number of terminal acetylenes is 1. The first-order chi connectivity index (χ1) is 9.86. The van der Waals surface area contributed by atoms with Crippen molar-refractivity contribution in [2.75, 3.05) is 6.54 Å². The Balaban J connectivity index is 2.66. The summed E-state index contributed by atoms with van der Waals surface area (Å²) in [4.78, 5) is 36.3. The van der Waals surface area contributed by atoms with Crippen LogP contribution in [-0.2, 0) is 14.4 Å². The van der Waals surface area contributed by atoms with Gasteiger partial charge in [0.25, 0.3) is 0 Å². The van der Waals surface area contributed by atoms with Crippen LogP contribution in [0, 0.1) is 12.3 Å². The molecule has 7 heteroatoms. The van der Waals surface area contributed by atoms with Gasteiger partial charge in [0.05, 0.1) is 6.10 Å². The predicted octanol–water partition coefficient (Wildman–Crippen LogP) is -1.26. The average Bonchev–Trinajstić information content (AvgIpc) is 2.80. The highest BCUT2D eigenvalue weighted by Gasteiger charge is 2.38. The number of hydrogen-bond acceptors (Lipinski definition) is 4. The van der Waals surface area contributed by atoms with Crippen molar-refractivity contribution < 1.29 is 19.5 Å². The molecule has 21 heavy (non-hydrogen) atoms. The van der Waals surface area contributed by atoms with E-state index in [1.165, 1.54) is 11.8 Å². The van der Waals surface area contributed by atoms with Crippen LogP contribution < -0.4 is 11.1 Å². The molecule has 4 N–H and O–H groups in total. The second-order valence-electron chi connectivity index (χ2n) is 5.14. The van der Waals surface area contributed by atoms with Crippen LogP contribution in [0.15, 0.2) is 0 Å². The summed E-state index contributed by atoms with van der Waals surface area (Å²) in [6.07, 6.45) is 5.95. The molecule has 7 nitrogen and oxygen atoms in total. The van der Waals surface area contributed by atoms with Crippen LogP contribution in [0.5, 0.6) is 0 Å². The van der Waals surface area contributed by atoms with Gasteiger partial charge in [-0.2, -0.15) is 0 Å². The van der Waals surface area contributed by atoms with E-state index in [2.05, 4.69) is 11.2 Å². The Kier molecular flexibility index (Phi) is 6.18. The number of carbonyl (C=O) groups excluding carboxylic acids is 3. The lowest BCUT2D eigenvalue weighted by molar-refractivity contribution is -0.138. The Hall–Kier alpha value is -2.07. The molecule has 1 fully saturated rings. The SMILES string of the molecule is C#CCCC[C@@H](NC(=O)[C@@H]1C[C@@H](O)CN1C(C)=O)C(N)=O. The number of aliphatic hydroxyl groups excluding tert-OH is 1. The molecule has 1 rings (SSSR count). The van der Waals surface area contributed by atoms with E-state index < -0.39 is 30.0 Å². The van der Waals surface area contributed by atoms with E-state index in [1.807, 2.05) is 0 Å². The lowest BCUT2D eigenvalue weighted by atomic mass is 10.1. The van der Waals surface area contributed by atoms with Crippen LogP contribution in [0.3, 0.4) is 0 Å². The molecule has 1 aliphatic rings. The summed E-state index contributed by atoms with van der Waals surface area (Å²) in [6, 6.07) is -1.59. The molecular weight excluding hydrogens is 274 g/mol. The number of rotatable bonds is 6. The summed E-state index contributed by atoms with van der Waals surface area (Å²) >= 11 is 0. The fourth-order valence-electron chi connectivity index (χ4n) is 2.37. The van der Waals surface area contributed by atoms with E-state index in [0.29, 0.717) is 19.3 Å². The van der Waals surface area contributed by atoms with Crippen LogP contribution in [0.1, 0.15) is 32.6 Å². The summed E-state index contributed by atoms with van der Waals surface area (Å²) in [6.45, 7) is 1.45. The van der Waals surface area contributed by atoms with Gasteiger partial charge >= 0.3 is 0 Å². The van der Waals surface area contributed by atoms with Gasteiger partial charge in [-0.05, 0) is 12.8 Å². The quantitative estimate of drug-likeness (QED) is 0.419. The maximum Gasteiger partial charge on any atom is 0.243 e. The second-order valence-corrected chi connectivity index (χ2v) is 5.14. The minimum Gasteiger partial charge on any atom is -0.391 e. The standard InChI is InChI=1S/C14H21N3O4/c1-3-4-5-6-11(13(15)20)16-14(21)12-7-10(19)8-17(12)9(2)18/h1,10-12,19H,4-8H2,2H3,(H2,15,20)(H,16,21)/t10-,11-,12+/m1/s1. The number of β-amino-alcohol motifs (C(OH)–C–C–N with tert-alkyl or cyclic N) is 1. The Morgan fingerprint density at radius 2 is 2.19 bits per heavy atom. The van der Waals surface area contributed by atoms with E-state index in [1.54, 1.807) is 0 Å². The Morgan fingerprint density at radius 3 is 2.71 bits per heavy atom. The van der Waals surface area contributed by atoms with Crippen molar-refractivity contribution in [3.8, 4) is 12.3 Å². The zero-order valence-corrected chi connectivity index (χ0v) is 12.0. The van der Waals surface area contributed by atoms with Crippen molar-refractivity contribution in [2.45, 2.75) is 50.8 Å². The summed E-state index contributed by atoms with van der Waals surface area (Å²) in [5.41, 5.74) is 5.25. The van der Waals surface area contributed by atoms with E-state index in [-0.39, 0.29) is 18.9 Å². The molecule has 0 unspecified atom stereocenters. The van der Waals surface area contributed by atoms with Gasteiger partial charge in [-0.3, -0.25) is 14.4 Å². The molecule has 0 aromatic carbocycles. The minimum absolute atomic E-state index is 0.117. The number of amides is 3. The number of nitrogens with two attached hydrogens (primary N) is 1. The lowest BCUT2D eigenvalue weighted by Crippen LogP contribution is -2.51. The molecule has 116 valence electrons. The molecule has 0 saturated carbocycles. The first-order valence-electron chi connectivity index (χ1n) is 6.85. The number of unbranched alkanes of at least 4 members (excludes halogenated alkanes) is 1. The van der Waals surface area contributed by atoms with Crippen molar-refractivity contribution in [1.29, 1.82) is 0 Å². The summed E-state index contributed by atoms with van der Waals surface area (Å²) in [7, 11) is 0. The fourth-order valence-corrected chi connectivity index (χ4v) is 2.37. The van der Waals surface area contributed by atoms with Gasteiger partial charge in [0.2, 0.25) is 17.7 Å². The number of nitrogens with zero attached hydrogens (tertiary/aromatic N) is 1. The van der Waals surface area contributed by atoms with Crippen LogP contribution in [0.2, 0.25) is 0 Å². The molecule has 0 spiro atoms. The van der Waals surface area contributed by atoms with Crippen LogP contribution >= 0.6 is 0 Å². The van der Waals surface area contributed by atoms with E-state index >= 15 is 0 Å². The Morgan fingerprint density at radius 1 is 1.52 bits per heavy atom. The monoisotopic (exact) mass is 295 g/mol. The lowest BCUT2D eigenvalue weighted by Gasteiger charge is -2.24. The fraction of sp³-hybridized carbons (Fsp3) is 0.643. The van der Waals surface area contributed by atoms with Gasteiger partial charge in [0, 0.05) is 26.3 Å². The molecule has 0 aromatic rings. The summed E-state index contributed by atoms with van der Waals surface area (Å²) < 4.78 is 0. The van der Waals surface area contributed by atoms with Gasteiger partial charge in [-0.25, -0.2) is 0 Å². The first-order valence-corrected chi connectivity index (χ1v) is 6.85. The summed E-state index contributed by atoms with van der Waals surface area (Å²) in [5.74, 6) is 1.03. The number of likely N-dealkylation sites (tertiary alicyclic amines) is 1. The minimum atomic E-state index is -0.822. The van der Waals surface area contributed by atoms with Crippen molar-refractivity contribution in [2.24, 2.45) is 5.73 Å². The normalized spacial score (nSPS) is 22.4. The third kappa shape index (κ3) is 4.76. The number of carbonyl (C=O) groups is 3. The number of aliphatic hydroxyl groups is 1. The molecule has 0 bridgehead atoms. The largest absolute Gasteiger partial charge is 0.391 e. The molecule has 0 radical (unpaired) electrons. The average molecular weight is 295 g/mol. The van der Waals surface area contributed by atoms with Gasteiger partial charge in [0.15, 0.2) is 0 Å². The highest BCUT2D eigenvalue weighted by Crippen LogP contribution is 2.18. The van der Waals surface area contributed by atoms with E-state index in [9.17, 15) is 19.5 Å². The summed E-state index contributed by atoms with van der Waals surface area (Å²) in [5, 5.41) is 12.1. The van der Waals surface area contributed by atoms with Gasteiger partial charge in [0.1, 0.15) is 12.1 Å². The molecule has 0 aliphatic carbocycles. The smallest absolute Gasteiger partial charge is 0.243 e. The number of nitrogens with one attached hydrogen (secondary N) is 1. The third-order valence-corrected chi connectivity index (χ3v) is 3.46. The van der Waals surface area contributed by atoms with Crippen LogP contribution in [-0.4, -0.2) is 52.5 Å². The number of primary amides is 1. The van der Waals surface area contributed by atoms with Gasteiger partial charge in [-0.15, -0.1) is 12.3 Å². The molecule has 1 saturated heterocycles. The van der Waals surface area contributed by atoms with Crippen molar-refractivity contribution in [3.05, 3.63) is 0 Å². The van der Waals surface area contributed by atoms with E-state index in [0.717, 1.165) is 0 Å². The zero-order chi connectivity index (χ0) is 16.0. The van der Waals surface area contributed by atoms with Crippen molar-refractivity contribution in [1.82, 2.24) is 10.2 Å².